The lowest BCUT2D eigenvalue weighted by atomic mass is 10.1. The van der Waals surface area contributed by atoms with Crippen LogP contribution >= 0.6 is 24.0 Å². The fourth-order valence-electron chi connectivity index (χ4n) is 2.52. The number of aliphatic imine (C=N–C) groups is 1. The highest BCUT2D eigenvalue weighted by Gasteiger charge is 2.09. The van der Waals surface area contributed by atoms with Crippen LogP contribution in [0.3, 0.4) is 0 Å². The van der Waals surface area contributed by atoms with Crippen LogP contribution in [-0.4, -0.2) is 37.4 Å². The van der Waals surface area contributed by atoms with Gasteiger partial charge in [-0.05, 0) is 23.6 Å². The van der Waals surface area contributed by atoms with Gasteiger partial charge in [0.15, 0.2) is 5.96 Å². The van der Waals surface area contributed by atoms with E-state index >= 15 is 0 Å². The van der Waals surface area contributed by atoms with Crippen LogP contribution in [0.4, 0.5) is 0 Å². The Morgan fingerprint density at radius 2 is 1.69 bits per heavy atom. The first-order chi connectivity index (χ1) is 12.1. The Labute approximate surface area is 172 Å². The average molecular weight is 466 g/mol. The summed E-state index contributed by atoms with van der Waals surface area (Å²) in [6, 6.07) is 18.1. The minimum absolute atomic E-state index is 0. The largest absolute Gasteiger partial charge is 0.350 e. The number of carbonyl (C=O) groups excluding carboxylic acids is 1. The number of hydrogen-bond acceptors (Lipinski definition) is 2. The van der Waals surface area contributed by atoms with E-state index in [-0.39, 0.29) is 36.4 Å². The van der Waals surface area contributed by atoms with Gasteiger partial charge in [-0.3, -0.25) is 9.79 Å². The van der Waals surface area contributed by atoms with Crippen molar-refractivity contribution in [2.45, 2.75) is 20.0 Å². The standard InChI is InChI=1S/C20H26N4O.HI/c1-16-9-7-8-12-18(16)15-24(3)20(21-2)23-14-19(25)22-13-17-10-5-4-6-11-17;/h4-12H,13-15H2,1-3H3,(H,21,23)(H,22,25);1H. The van der Waals surface area contributed by atoms with Crippen LogP contribution in [0.5, 0.6) is 0 Å². The second-order valence-electron chi connectivity index (χ2n) is 5.95. The van der Waals surface area contributed by atoms with Crippen LogP contribution < -0.4 is 10.6 Å². The van der Waals surface area contributed by atoms with Gasteiger partial charge in [0.2, 0.25) is 5.91 Å². The molecule has 0 saturated carbocycles. The average Bonchev–Trinajstić information content (AvgIpc) is 2.63. The second-order valence-corrected chi connectivity index (χ2v) is 5.95. The maximum Gasteiger partial charge on any atom is 0.239 e. The normalized spacial score (nSPS) is 10.7. The minimum atomic E-state index is -0.0608. The monoisotopic (exact) mass is 466 g/mol. The number of halogens is 1. The quantitative estimate of drug-likeness (QED) is 0.391. The molecule has 0 fully saturated rings. The fourth-order valence-corrected chi connectivity index (χ4v) is 2.52. The van der Waals surface area contributed by atoms with Crippen LogP contribution in [-0.2, 0) is 17.9 Å². The number of nitrogens with zero attached hydrogens (tertiary/aromatic N) is 2. The number of amides is 1. The Kier molecular flexibility index (Phi) is 9.72. The molecule has 140 valence electrons. The third-order valence-electron chi connectivity index (χ3n) is 3.98. The van der Waals surface area contributed by atoms with Gasteiger partial charge >= 0.3 is 0 Å². The number of benzene rings is 2. The zero-order valence-electron chi connectivity index (χ0n) is 15.5. The summed E-state index contributed by atoms with van der Waals surface area (Å²) in [5.41, 5.74) is 3.56. The van der Waals surface area contributed by atoms with Crippen molar-refractivity contribution in [3.8, 4) is 0 Å². The smallest absolute Gasteiger partial charge is 0.239 e. The van der Waals surface area contributed by atoms with E-state index in [2.05, 4.69) is 34.7 Å². The molecule has 0 heterocycles. The Hall–Kier alpha value is -2.09. The molecular weight excluding hydrogens is 439 g/mol. The first-order valence-electron chi connectivity index (χ1n) is 8.37. The van der Waals surface area contributed by atoms with Gasteiger partial charge in [0.1, 0.15) is 0 Å². The first-order valence-corrected chi connectivity index (χ1v) is 8.37. The Bertz CT molecular complexity index is 719. The molecule has 0 aromatic heterocycles. The van der Waals surface area contributed by atoms with E-state index in [9.17, 15) is 4.79 Å². The van der Waals surface area contributed by atoms with Crippen molar-refractivity contribution in [3.05, 3.63) is 71.3 Å². The summed E-state index contributed by atoms with van der Waals surface area (Å²) in [5.74, 6) is 0.632. The van der Waals surface area contributed by atoms with Gasteiger partial charge in [-0.15, -0.1) is 24.0 Å². The highest BCUT2D eigenvalue weighted by Crippen LogP contribution is 2.09. The molecule has 2 aromatic carbocycles. The maximum atomic E-state index is 12.0. The molecule has 26 heavy (non-hydrogen) atoms. The summed E-state index contributed by atoms with van der Waals surface area (Å²) in [7, 11) is 3.68. The Balaban J connectivity index is 0.00000338. The predicted molar refractivity (Wildman–Crippen MR) is 118 cm³/mol. The third-order valence-corrected chi connectivity index (χ3v) is 3.98. The molecule has 0 aliphatic rings. The lowest BCUT2D eigenvalue weighted by Crippen LogP contribution is -2.43. The molecular formula is C20H27IN4O. The lowest BCUT2D eigenvalue weighted by molar-refractivity contribution is -0.120. The lowest BCUT2D eigenvalue weighted by Gasteiger charge is -2.22. The van der Waals surface area contributed by atoms with Gasteiger partial charge in [-0.1, -0.05) is 54.6 Å². The minimum Gasteiger partial charge on any atom is -0.350 e. The molecule has 1 amide bonds. The fraction of sp³-hybridized carbons (Fsp3) is 0.300. The number of hydrogen-bond donors (Lipinski definition) is 2. The molecule has 0 spiro atoms. The molecule has 6 heteroatoms. The summed E-state index contributed by atoms with van der Waals surface area (Å²) >= 11 is 0. The molecule has 0 saturated heterocycles. The van der Waals surface area contributed by atoms with Crippen molar-refractivity contribution in [3.63, 3.8) is 0 Å². The second kappa shape index (κ2) is 11.5. The topological polar surface area (TPSA) is 56.7 Å². The van der Waals surface area contributed by atoms with E-state index in [4.69, 9.17) is 0 Å². The highest BCUT2D eigenvalue weighted by atomic mass is 127. The number of aryl methyl sites for hydroxylation is 1. The van der Waals surface area contributed by atoms with Gasteiger partial charge in [0.05, 0.1) is 6.54 Å². The van der Waals surface area contributed by atoms with Crippen molar-refractivity contribution >= 4 is 35.8 Å². The molecule has 2 aromatic rings. The van der Waals surface area contributed by atoms with E-state index in [1.54, 1.807) is 7.05 Å². The number of rotatable bonds is 6. The summed E-state index contributed by atoms with van der Waals surface area (Å²) < 4.78 is 0. The van der Waals surface area contributed by atoms with Crippen molar-refractivity contribution in [1.82, 2.24) is 15.5 Å². The van der Waals surface area contributed by atoms with E-state index in [0.717, 1.165) is 12.1 Å². The number of carbonyl (C=O) groups is 1. The van der Waals surface area contributed by atoms with Crippen molar-refractivity contribution in [2.75, 3.05) is 20.6 Å². The van der Waals surface area contributed by atoms with E-state index in [1.807, 2.05) is 54.4 Å². The Morgan fingerprint density at radius 1 is 1.04 bits per heavy atom. The summed E-state index contributed by atoms with van der Waals surface area (Å²) in [6.45, 7) is 3.55. The molecule has 5 nitrogen and oxygen atoms in total. The zero-order valence-corrected chi connectivity index (χ0v) is 17.9. The van der Waals surface area contributed by atoms with Gasteiger partial charge in [-0.25, -0.2) is 0 Å². The van der Waals surface area contributed by atoms with Crippen molar-refractivity contribution in [1.29, 1.82) is 0 Å². The van der Waals surface area contributed by atoms with Crippen LogP contribution in [0.15, 0.2) is 59.6 Å². The van der Waals surface area contributed by atoms with Gasteiger partial charge in [0.25, 0.3) is 0 Å². The first kappa shape index (κ1) is 22.0. The SMILES string of the molecule is CN=C(NCC(=O)NCc1ccccc1)N(C)Cc1ccccc1C.I. The summed E-state index contributed by atoms with van der Waals surface area (Å²) in [6.07, 6.45) is 0. The van der Waals surface area contributed by atoms with E-state index in [1.165, 1.54) is 11.1 Å². The summed E-state index contributed by atoms with van der Waals surface area (Å²) in [4.78, 5) is 18.3. The van der Waals surface area contributed by atoms with E-state index < -0.39 is 0 Å². The molecule has 0 unspecified atom stereocenters. The van der Waals surface area contributed by atoms with Crippen LogP contribution in [0.25, 0.3) is 0 Å². The highest BCUT2D eigenvalue weighted by molar-refractivity contribution is 14.0. The molecule has 2 rings (SSSR count). The van der Waals surface area contributed by atoms with Crippen LogP contribution in [0, 0.1) is 6.92 Å². The Morgan fingerprint density at radius 3 is 2.35 bits per heavy atom. The zero-order chi connectivity index (χ0) is 18.1. The third kappa shape index (κ3) is 7.03. The molecule has 0 aliphatic carbocycles. The van der Waals surface area contributed by atoms with Gasteiger partial charge in [0, 0.05) is 27.2 Å². The van der Waals surface area contributed by atoms with Crippen LogP contribution in [0.2, 0.25) is 0 Å². The molecule has 2 N–H and O–H groups in total. The number of guanidine groups is 1. The molecule has 0 atom stereocenters. The van der Waals surface area contributed by atoms with Gasteiger partial charge in [-0.2, -0.15) is 0 Å². The predicted octanol–water partition coefficient (Wildman–Crippen LogP) is 2.94. The summed E-state index contributed by atoms with van der Waals surface area (Å²) in [5, 5.41) is 6.01. The number of nitrogens with one attached hydrogen (secondary N) is 2. The molecule has 0 aliphatic heterocycles. The van der Waals surface area contributed by atoms with Gasteiger partial charge < -0.3 is 15.5 Å². The van der Waals surface area contributed by atoms with Crippen LogP contribution in [0.1, 0.15) is 16.7 Å². The van der Waals surface area contributed by atoms with Crippen molar-refractivity contribution in [2.24, 2.45) is 4.99 Å². The molecule has 0 radical (unpaired) electrons. The molecule has 0 bridgehead atoms. The van der Waals surface area contributed by atoms with Crippen molar-refractivity contribution < 1.29 is 4.79 Å². The van der Waals surface area contributed by atoms with E-state index in [0.29, 0.717) is 12.5 Å². The maximum absolute atomic E-state index is 12.0.